The van der Waals surface area contributed by atoms with Gasteiger partial charge in [-0.1, -0.05) is 10.3 Å². The predicted molar refractivity (Wildman–Crippen MR) is 41.2 cm³/mol. The molecule has 2 N–H and O–H groups in total. The van der Waals surface area contributed by atoms with Crippen molar-refractivity contribution in [2.45, 2.75) is 0 Å². The lowest BCUT2D eigenvalue weighted by Gasteiger charge is -2.26. The van der Waals surface area contributed by atoms with Crippen LogP contribution in [0.5, 0.6) is 0 Å². The number of nitrogens with one attached hydrogen (secondary N) is 2. The van der Waals surface area contributed by atoms with Crippen LogP contribution in [0.2, 0.25) is 0 Å². The van der Waals surface area contributed by atoms with Crippen LogP contribution in [0.1, 0.15) is 0 Å². The Kier molecular flexibility index (Phi) is 1.10. The lowest BCUT2D eigenvalue weighted by molar-refractivity contribution is -0.171. The summed E-state index contributed by atoms with van der Waals surface area (Å²) in [6.07, 6.45) is 1.72. The summed E-state index contributed by atoms with van der Waals surface area (Å²) in [5.74, 6) is 0. The molecule has 0 spiro atoms. The molecular weight excluding hydrogens is 158 g/mol. The molecule has 12 heavy (non-hydrogen) atoms. The molecule has 0 aromatic carbocycles. The van der Waals surface area contributed by atoms with Gasteiger partial charge in [-0.25, -0.2) is 0 Å². The number of hydrazine groups is 2. The van der Waals surface area contributed by atoms with Crippen molar-refractivity contribution in [1.82, 2.24) is 21.0 Å². The second-order valence-corrected chi connectivity index (χ2v) is 2.87. The number of allylic oxidation sites excluding steroid dienone is 1. The first-order chi connectivity index (χ1) is 5.95. The van der Waals surface area contributed by atoms with E-state index in [1.54, 1.807) is 11.4 Å². The molecule has 0 atom stereocenters. The maximum absolute atomic E-state index is 4.93. The molecule has 0 bridgehead atoms. The monoisotopic (exact) mass is 167 g/mol. The number of piperazine rings is 1. The fourth-order valence-corrected chi connectivity index (χ4v) is 1.56. The highest BCUT2D eigenvalue weighted by molar-refractivity contribution is 5.79. The summed E-state index contributed by atoms with van der Waals surface area (Å²) in [5, 5.41) is 10.6. The molecule has 6 heteroatoms. The van der Waals surface area contributed by atoms with Gasteiger partial charge in [-0.2, -0.15) is 0 Å². The van der Waals surface area contributed by atoms with Crippen LogP contribution in [-0.4, -0.2) is 36.0 Å². The molecule has 3 aliphatic heterocycles. The quantitative estimate of drug-likeness (QED) is 0.473. The van der Waals surface area contributed by atoms with E-state index < -0.39 is 0 Å². The lowest BCUT2D eigenvalue weighted by atomic mass is 10.3. The average Bonchev–Trinajstić information content (AvgIpc) is 2.62. The maximum Gasteiger partial charge on any atom is 0.142 e. The zero-order valence-electron chi connectivity index (χ0n) is 6.45. The minimum absolute atomic E-state index is 0.869. The number of hydroxylamine groups is 1. The van der Waals surface area contributed by atoms with E-state index in [0.29, 0.717) is 0 Å². The first kappa shape index (κ1) is 6.27. The van der Waals surface area contributed by atoms with Crippen molar-refractivity contribution in [1.29, 1.82) is 0 Å². The Bertz CT molecular complexity index is 273. The van der Waals surface area contributed by atoms with Crippen molar-refractivity contribution in [2.75, 3.05) is 19.6 Å². The SMILES string of the molecule is C1=NON2NN3CCNCC3=C12. The van der Waals surface area contributed by atoms with E-state index in [0.717, 1.165) is 25.3 Å². The van der Waals surface area contributed by atoms with Crippen molar-refractivity contribution in [3.63, 3.8) is 0 Å². The summed E-state index contributed by atoms with van der Waals surface area (Å²) < 4.78 is 0. The number of hydrogen-bond acceptors (Lipinski definition) is 6. The van der Waals surface area contributed by atoms with E-state index in [-0.39, 0.29) is 0 Å². The van der Waals surface area contributed by atoms with Crippen LogP contribution in [0, 0.1) is 0 Å². The molecule has 1 saturated heterocycles. The highest BCUT2D eigenvalue weighted by atomic mass is 16.8. The van der Waals surface area contributed by atoms with E-state index in [2.05, 4.69) is 21.0 Å². The van der Waals surface area contributed by atoms with Gasteiger partial charge < -0.3 is 5.32 Å². The summed E-state index contributed by atoms with van der Waals surface area (Å²) >= 11 is 0. The van der Waals surface area contributed by atoms with Crippen LogP contribution in [0.3, 0.4) is 0 Å². The van der Waals surface area contributed by atoms with Crippen molar-refractivity contribution < 1.29 is 4.94 Å². The van der Waals surface area contributed by atoms with Crippen LogP contribution < -0.4 is 10.9 Å². The topological polar surface area (TPSA) is 52.1 Å². The smallest absolute Gasteiger partial charge is 0.142 e. The highest BCUT2D eigenvalue weighted by Gasteiger charge is 2.33. The normalized spacial score (nSPS) is 26.0. The lowest BCUT2D eigenvalue weighted by Crippen LogP contribution is -2.47. The van der Waals surface area contributed by atoms with Gasteiger partial charge in [-0.05, 0) is 0 Å². The highest BCUT2D eigenvalue weighted by Crippen LogP contribution is 2.22. The minimum Gasteiger partial charge on any atom is -0.309 e. The number of hydrogen-bond donors (Lipinski definition) is 2. The van der Waals surface area contributed by atoms with Crippen molar-refractivity contribution >= 4 is 6.21 Å². The molecule has 3 rings (SSSR count). The van der Waals surface area contributed by atoms with Gasteiger partial charge in [0.1, 0.15) is 11.9 Å². The molecular formula is C6H9N5O. The first-order valence-corrected chi connectivity index (χ1v) is 3.93. The van der Waals surface area contributed by atoms with Crippen molar-refractivity contribution in [3.8, 4) is 0 Å². The molecule has 0 unspecified atom stereocenters. The zero-order chi connectivity index (χ0) is 7.97. The Morgan fingerprint density at radius 1 is 1.58 bits per heavy atom. The van der Waals surface area contributed by atoms with Crippen LogP contribution in [0.4, 0.5) is 0 Å². The molecule has 0 aromatic rings. The van der Waals surface area contributed by atoms with Gasteiger partial charge >= 0.3 is 0 Å². The van der Waals surface area contributed by atoms with Crippen LogP contribution in [0.25, 0.3) is 0 Å². The molecule has 6 nitrogen and oxygen atoms in total. The first-order valence-electron chi connectivity index (χ1n) is 3.93. The zero-order valence-corrected chi connectivity index (χ0v) is 6.45. The Hall–Kier alpha value is -1.27. The third kappa shape index (κ3) is 0.678. The van der Waals surface area contributed by atoms with E-state index in [1.807, 2.05) is 0 Å². The van der Waals surface area contributed by atoms with Gasteiger partial charge in [0.25, 0.3) is 0 Å². The predicted octanol–water partition coefficient (Wildman–Crippen LogP) is -1.23. The van der Waals surface area contributed by atoms with Crippen LogP contribution >= 0.6 is 0 Å². The van der Waals surface area contributed by atoms with E-state index in [4.69, 9.17) is 4.94 Å². The number of fused-ring (bicyclic) bond motifs is 2. The van der Waals surface area contributed by atoms with Crippen LogP contribution in [-0.2, 0) is 4.94 Å². The number of rotatable bonds is 0. The molecule has 64 valence electrons. The Balaban J connectivity index is 1.99. The van der Waals surface area contributed by atoms with E-state index in [9.17, 15) is 0 Å². The largest absolute Gasteiger partial charge is 0.309 e. The summed E-state index contributed by atoms with van der Waals surface area (Å²) in [5.41, 5.74) is 5.26. The molecule has 0 saturated carbocycles. The molecule has 0 amide bonds. The molecule has 3 heterocycles. The molecule has 0 aliphatic carbocycles. The Morgan fingerprint density at radius 3 is 3.58 bits per heavy atom. The second-order valence-electron chi connectivity index (χ2n) is 2.87. The van der Waals surface area contributed by atoms with Crippen LogP contribution in [0.15, 0.2) is 16.5 Å². The molecule has 3 aliphatic rings. The van der Waals surface area contributed by atoms with Gasteiger partial charge in [0.15, 0.2) is 0 Å². The fourth-order valence-electron chi connectivity index (χ4n) is 1.56. The third-order valence-electron chi connectivity index (χ3n) is 2.16. The van der Waals surface area contributed by atoms with Gasteiger partial charge in [-0.3, -0.25) is 9.95 Å². The van der Waals surface area contributed by atoms with E-state index in [1.165, 1.54) is 5.70 Å². The second kappa shape index (κ2) is 2.11. The third-order valence-corrected chi connectivity index (χ3v) is 2.16. The van der Waals surface area contributed by atoms with Gasteiger partial charge in [0.05, 0.1) is 5.70 Å². The summed E-state index contributed by atoms with van der Waals surface area (Å²) in [4.78, 5) is 4.93. The molecule has 0 aromatic heterocycles. The Labute approximate surface area is 69.3 Å². The summed E-state index contributed by atoms with van der Waals surface area (Å²) in [7, 11) is 0. The molecule has 1 fully saturated rings. The Morgan fingerprint density at radius 2 is 2.58 bits per heavy atom. The van der Waals surface area contributed by atoms with E-state index >= 15 is 0 Å². The number of nitrogens with zero attached hydrogens (tertiary/aromatic N) is 3. The van der Waals surface area contributed by atoms with Gasteiger partial charge in [0.2, 0.25) is 0 Å². The van der Waals surface area contributed by atoms with Crippen molar-refractivity contribution in [3.05, 3.63) is 11.4 Å². The molecule has 0 radical (unpaired) electrons. The van der Waals surface area contributed by atoms with Gasteiger partial charge in [0, 0.05) is 19.6 Å². The summed E-state index contributed by atoms with van der Waals surface area (Å²) in [6, 6.07) is 0. The summed E-state index contributed by atoms with van der Waals surface area (Å²) in [6.45, 7) is 2.81. The standard InChI is InChI=1S/C6H9N5O/c1-2-10-5(3-7-1)6-4-8-12-11(6)9-10/h4,7,9H,1-3H2. The maximum atomic E-state index is 4.93. The van der Waals surface area contributed by atoms with Gasteiger partial charge in [-0.15, -0.1) is 5.53 Å². The fraction of sp³-hybridized carbons (Fsp3) is 0.500. The average molecular weight is 167 g/mol. The number of oxime groups is 1. The van der Waals surface area contributed by atoms with Crippen molar-refractivity contribution in [2.24, 2.45) is 5.16 Å². The minimum atomic E-state index is 0.869.